The Morgan fingerprint density at radius 1 is 0.878 bits per heavy atom. The number of benzene rings is 2. The van der Waals surface area contributed by atoms with Gasteiger partial charge in [0, 0.05) is 43.7 Å². The molecule has 0 radical (unpaired) electrons. The van der Waals surface area contributed by atoms with Gasteiger partial charge in [0.25, 0.3) is 0 Å². The summed E-state index contributed by atoms with van der Waals surface area (Å²) in [5.41, 5.74) is 3.63. The van der Waals surface area contributed by atoms with Crippen LogP contribution in [0.15, 0.2) is 54.6 Å². The van der Waals surface area contributed by atoms with Crippen LogP contribution in [0.2, 0.25) is 0 Å². The number of nitrogens with zero attached hydrogens (tertiary/aromatic N) is 2. The molecule has 7 nitrogen and oxygen atoms in total. The first kappa shape index (κ1) is 28.2. The summed E-state index contributed by atoms with van der Waals surface area (Å²) >= 11 is 0. The molecule has 5 atom stereocenters. The number of anilines is 1. The van der Waals surface area contributed by atoms with Crippen molar-refractivity contribution in [1.82, 2.24) is 15.1 Å². The SMILES string of the molecule is O=C(CCCCCN1CCOCC1)N[C@@H]1CCCC[C@@H]1C(=O)N1CC[C@H]2[C@H](c3ccccc3)Nc3ccccc3[C@@H]21. The molecule has 0 unspecified atom stereocenters. The summed E-state index contributed by atoms with van der Waals surface area (Å²) in [6.45, 7) is 5.56. The first-order valence-electron chi connectivity index (χ1n) is 16.0. The van der Waals surface area contributed by atoms with E-state index in [0.29, 0.717) is 12.3 Å². The fourth-order valence-electron chi connectivity index (χ4n) is 7.68. The van der Waals surface area contributed by atoms with Gasteiger partial charge in [-0.15, -0.1) is 0 Å². The second-order valence-corrected chi connectivity index (χ2v) is 12.4. The number of morpholine rings is 1. The number of rotatable bonds is 9. The molecule has 6 rings (SSSR count). The summed E-state index contributed by atoms with van der Waals surface area (Å²) in [5.74, 6) is 0.531. The smallest absolute Gasteiger partial charge is 0.228 e. The van der Waals surface area contributed by atoms with Crippen molar-refractivity contribution >= 4 is 17.5 Å². The monoisotopic (exact) mass is 558 g/mol. The summed E-state index contributed by atoms with van der Waals surface area (Å²) in [6, 6.07) is 19.3. The van der Waals surface area contributed by atoms with Crippen molar-refractivity contribution in [2.45, 2.75) is 75.9 Å². The van der Waals surface area contributed by atoms with Crippen molar-refractivity contribution in [3.63, 3.8) is 0 Å². The summed E-state index contributed by atoms with van der Waals surface area (Å²) in [4.78, 5) is 31.9. The minimum absolute atomic E-state index is 0.0574. The molecule has 1 saturated carbocycles. The highest BCUT2D eigenvalue weighted by Crippen LogP contribution is 2.51. The average molecular weight is 559 g/mol. The second kappa shape index (κ2) is 13.4. The van der Waals surface area contributed by atoms with Crippen LogP contribution >= 0.6 is 0 Å². The lowest BCUT2D eigenvalue weighted by atomic mass is 9.79. The number of para-hydroxylation sites is 1. The zero-order valence-corrected chi connectivity index (χ0v) is 24.3. The quantitative estimate of drug-likeness (QED) is 0.408. The zero-order chi connectivity index (χ0) is 28.0. The molecule has 3 fully saturated rings. The fraction of sp³-hybridized carbons (Fsp3) is 0.588. The lowest BCUT2D eigenvalue weighted by molar-refractivity contribution is -0.139. The molecule has 2 amide bonds. The van der Waals surface area contributed by atoms with E-state index in [1.54, 1.807) is 0 Å². The molecule has 2 aromatic rings. The van der Waals surface area contributed by atoms with Gasteiger partial charge >= 0.3 is 0 Å². The van der Waals surface area contributed by atoms with Crippen molar-refractivity contribution in [1.29, 1.82) is 0 Å². The van der Waals surface area contributed by atoms with E-state index in [-0.39, 0.29) is 35.9 Å². The fourth-order valence-corrected chi connectivity index (χ4v) is 7.68. The van der Waals surface area contributed by atoms with E-state index < -0.39 is 0 Å². The maximum atomic E-state index is 14.3. The van der Waals surface area contributed by atoms with Crippen molar-refractivity contribution in [3.8, 4) is 0 Å². The molecule has 0 spiro atoms. The number of likely N-dealkylation sites (tertiary alicyclic amines) is 1. The van der Waals surface area contributed by atoms with Gasteiger partial charge in [0.05, 0.1) is 31.2 Å². The number of nitrogens with one attached hydrogen (secondary N) is 2. The third kappa shape index (κ3) is 6.46. The highest BCUT2D eigenvalue weighted by Gasteiger charge is 2.48. The van der Waals surface area contributed by atoms with Crippen molar-refractivity contribution in [2.24, 2.45) is 11.8 Å². The van der Waals surface area contributed by atoms with E-state index in [1.165, 1.54) is 11.1 Å². The number of ether oxygens (including phenoxy) is 1. The van der Waals surface area contributed by atoms with Crippen LogP contribution in [0, 0.1) is 11.8 Å². The maximum absolute atomic E-state index is 14.3. The molecular formula is C34H46N4O3. The third-order valence-electron chi connectivity index (χ3n) is 9.82. The van der Waals surface area contributed by atoms with Gasteiger partial charge in [0.2, 0.25) is 11.8 Å². The van der Waals surface area contributed by atoms with Crippen LogP contribution in [0.25, 0.3) is 0 Å². The summed E-state index contributed by atoms with van der Waals surface area (Å²) in [7, 11) is 0. The first-order chi connectivity index (χ1) is 20.2. The highest BCUT2D eigenvalue weighted by molar-refractivity contribution is 5.83. The third-order valence-corrected chi connectivity index (χ3v) is 9.82. The Balaban J connectivity index is 1.08. The van der Waals surface area contributed by atoms with Gasteiger partial charge in [-0.3, -0.25) is 14.5 Å². The van der Waals surface area contributed by atoms with Gasteiger partial charge in [-0.25, -0.2) is 0 Å². The molecule has 41 heavy (non-hydrogen) atoms. The summed E-state index contributed by atoms with van der Waals surface area (Å²) in [5, 5.41) is 7.12. The van der Waals surface area contributed by atoms with E-state index in [1.807, 2.05) is 0 Å². The number of amides is 2. The number of carbonyl (C=O) groups is 2. The number of fused-ring (bicyclic) bond motifs is 3. The van der Waals surface area contributed by atoms with E-state index in [9.17, 15) is 9.59 Å². The van der Waals surface area contributed by atoms with Gasteiger partial charge in [-0.1, -0.05) is 67.8 Å². The molecular weight excluding hydrogens is 512 g/mol. The highest BCUT2D eigenvalue weighted by atomic mass is 16.5. The van der Waals surface area contributed by atoms with Gasteiger partial charge in [0.15, 0.2) is 0 Å². The van der Waals surface area contributed by atoms with E-state index in [2.05, 4.69) is 75.0 Å². The molecule has 0 bridgehead atoms. The predicted octanol–water partition coefficient (Wildman–Crippen LogP) is 5.31. The zero-order valence-electron chi connectivity index (χ0n) is 24.3. The van der Waals surface area contributed by atoms with Crippen molar-refractivity contribution < 1.29 is 14.3 Å². The van der Waals surface area contributed by atoms with Crippen molar-refractivity contribution in [3.05, 3.63) is 65.7 Å². The van der Waals surface area contributed by atoms with Crippen LogP contribution in [0.3, 0.4) is 0 Å². The second-order valence-electron chi connectivity index (χ2n) is 12.4. The molecule has 3 aliphatic heterocycles. The Morgan fingerprint density at radius 3 is 2.51 bits per heavy atom. The molecule has 2 N–H and O–H groups in total. The van der Waals surface area contributed by atoms with Crippen LogP contribution in [0.4, 0.5) is 5.69 Å². The summed E-state index contributed by atoms with van der Waals surface area (Å²) < 4.78 is 5.43. The number of hydrogen-bond donors (Lipinski definition) is 2. The normalized spacial score (nSPS) is 27.9. The predicted molar refractivity (Wildman–Crippen MR) is 161 cm³/mol. The number of carbonyl (C=O) groups excluding carboxylic acids is 2. The van der Waals surface area contributed by atoms with Crippen molar-refractivity contribution in [2.75, 3.05) is 44.7 Å². The molecule has 3 heterocycles. The standard InChI is InChI=1S/C34H46N4O3/c39-31(17-5-2-10-19-37-21-23-41-24-22-37)35-30-16-9-7-14-27(30)34(40)38-20-18-28-32(25-11-3-1-4-12-25)36-29-15-8-6-13-26(29)33(28)38/h1,3-4,6,8,11-13,15,27-28,30,32-33,36H,2,5,7,9-10,14,16-24H2,(H,35,39)/t27-,28-,30+,32-,33-/m0/s1. The van der Waals surface area contributed by atoms with Crippen LogP contribution in [0.1, 0.15) is 81.0 Å². The molecule has 0 aromatic heterocycles. The van der Waals surface area contributed by atoms with Gasteiger partial charge in [-0.2, -0.15) is 0 Å². The average Bonchev–Trinajstić information content (AvgIpc) is 3.47. The largest absolute Gasteiger partial charge is 0.379 e. The minimum Gasteiger partial charge on any atom is -0.379 e. The van der Waals surface area contributed by atoms with Crippen LogP contribution in [-0.2, 0) is 14.3 Å². The Kier molecular flexibility index (Phi) is 9.22. The van der Waals surface area contributed by atoms with E-state index in [4.69, 9.17) is 4.74 Å². The van der Waals surface area contributed by atoms with Crippen LogP contribution < -0.4 is 10.6 Å². The Bertz CT molecular complexity index is 1170. The van der Waals surface area contributed by atoms with Crippen LogP contribution in [-0.4, -0.2) is 67.0 Å². The number of unbranched alkanes of at least 4 members (excludes halogenated alkanes) is 2. The molecule has 220 valence electrons. The summed E-state index contributed by atoms with van der Waals surface area (Å²) in [6.07, 6.45) is 8.49. The molecule has 2 saturated heterocycles. The lowest BCUT2D eigenvalue weighted by Crippen LogP contribution is -2.50. The Morgan fingerprint density at radius 2 is 1.66 bits per heavy atom. The van der Waals surface area contributed by atoms with Gasteiger partial charge < -0.3 is 20.3 Å². The van der Waals surface area contributed by atoms with Gasteiger partial charge in [-0.05, 0) is 55.8 Å². The molecule has 1 aliphatic carbocycles. The Hall–Kier alpha value is -2.90. The molecule has 7 heteroatoms. The first-order valence-corrected chi connectivity index (χ1v) is 16.0. The maximum Gasteiger partial charge on any atom is 0.228 e. The minimum atomic E-state index is -0.134. The van der Waals surface area contributed by atoms with Crippen LogP contribution in [0.5, 0.6) is 0 Å². The number of hydrogen-bond acceptors (Lipinski definition) is 5. The molecule has 4 aliphatic rings. The van der Waals surface area contributed by atoms with Gasteiger partial charge in [0.1, 0.15) is 0 Å². The van der Waals surface area contributed by atoms with E-state index in [0.717, 1.165) is 96.4 Å². The topological polar surface area (TPSA) is 73.9 Å². The van der Waals surface area contributed by atoms with E-state index >= 15 is 0 Å². The Labute approximate surface area is 245 Å². The molecule has 2 aromatic carbocycles. The lowest BCUT2D eigenvalue weighted by Gasteiger charge is -2.42.